The Hall–Kier alpha value is -5.12. The van der Waals surface area contributed by atoms with Gasteiger partial charge in [-0.25, -0.2) is 0 Å². The Morgan fingerprint density at radius 1 is 1.03 bits per heavy atom. The maximum Gasteiger partial charge on any atom is 0.280 e. The third kappa shape index (κ3) is 5.68. The summed E-state index contributed by atoms with van der Waals surface area (Å²) in [6, 6.07) is 19.0. The second-order valence-corrected chi connectivity index (χ2v) is 7.48. The number of nitro groups is 1. The third-order valence-corrected chi connectivity index (χ3v) is 5.13. The van der Waals surface area contributed by atoms with E-state index in [2.05, 4.69) is 10.6 Å². The zero-order valence-corrected chi connectivity index (χ0v) is 19.1. The highest BCUT2D eigenvalue weighted by Gasteiger charge is 2.19. The van der Waals surface area contributed by atoms with Gasteiger partial charge in [-0.05, 0) is 54.6 Å². The Balaban J connectivity index is 1.61. The standard InChI is InChI=1S/C26H21N3O7/c1-34-18-10-8-17(9-11-18)25(30)28-22(26(31)27-16-20-5-4-14-35-20)15-19-12-13-24(36-19)21-6-2-3-7-23(21)29(32)33/h2-15H,16H2,1H3,(H,27,31)(H,28,30)/b22-15-. The Morgan fingerprint density at radius 2 is 1.81 bits per heavy atom. The number of carbonyl (C=O) groups is 2. The summed E-state index contributed by atoms with van der Waals surface area (Å²) in [5.74, 6) is 0.448. The molecule has 4 aromatic rings. The Morgan fingerprint density at radius 3 is 2.50 bits per heavy atom. The lowest BCUT2D eigenvalue weighted by molar-refractivity contribution is -0.384. The van der Waals surface area contributed by atoms with Gasteiger partial charge in [0.15, 0.2) is 0 Å². The van der Waals surface area contributed by atoms with Crippen molar-refractivity contribution in [3.63, 3.8) is 0 Å². The summed E-state index contributed by atoms with van der Waals surface area (Å²) in [5, 5.41) is 16.6. The van der Waals surface area contributed by atoms with Crippen molar-refractivity contribution in [3.8, 4) is 17.1 Å². The fourth-order valence-corrected chi connectivity index (χ4v) is 3.33. The van der Waals surface area contributed by atoms with Crippen LogP contribution < -0.4 is 15.4 Å². The van der Waals surface area contributed by atoms with Crippen LogP contribution in [0, 0.1) is 10.1 Å². The largest absolute Gasteiger partial charge is 0.497 e. The monoisotopic (exact) mass is 487 g/mol. The molecule has 0 aliphatic rings. The minimum Gasteiger partial charge on any atom is -0.497 e. The summed E-state index contributed by atoms with van der Waals surface area (Å²) in [4.78, 5) is 36.6. The Kier molecular flexibility index (Phi) is 7.25. The van der Waals surface area contributed by atoms with Crippen LogP contribution in [0.3, 0.4) is 0 Å². The van der Waals surface area contributed by atoms with E-state index >= 15 is 0 Å². The number of amides is 2. The summed E-state index contributed by atoms with van der Waals surface area (Å²) >= 11 is 0. The number of methoxy groups -OCH3 is 1. The van der Waals surface area contributed by atoms with E-state index in [9.17, 15) is 19.7 Å². The summed E-state index contributed by atoms with van der Waals surface area (Å²) in [6.45, 7) is 0.0984. The van der Waals surface area contributed by atoms with E-state index in [0.717, 1.165) is 0 Å². The molecule has 10 heteroatoms. The SMILES string of the molecule is COc1ccc(C(=O)N/C(=C\c2ccc(-c3ccccc3[N+](=O)[O-])o2)C(=O)NCc2ccco2)cc1. The highest BCUT2D eigenvalue weighted by atomic mass is 16.6. The smallest absolute Gasteiger partial charge is 0.280 e. The van der Waals surface area contributed by atoms with Crippen LogP contribution in [0.25, 0.3) is 17.4 Å². The lowest BCUT2D eigenvalue weighted by Crippen LogP contribution is -2.34. The van der Waals surface area contributed by atoms with Crippen molar-refractivity contribution >= 4 is 23.6 Å². The van der Waals surface area contributed by atoms with Gasteiger partial charge in [-0.3, -0.25) is 19.7 Å². The predicted molar refractivity (Wildman–Crippen MR) is 130 cm³/mol. The van der Waals surface area contributed by atoms with Gasteiger partial charge in [0.1, 0.15) is 28.7 Å². The molecule has 2 heterocycles. The van der Waals surface area contributed by atoms with E-state index in [4.69, 9.17) is 13.6 Å². The van der Waals surface area contributed by atoms with Crippen LogP contribution in [0.1, 0.15) is 21.9 Å². The normalized spacial score (nSPS) is 11.1. The number of hydrogen-bond acceptors (Lipinski definition) is 7. The van der Waals surface area contributed by atoms with Crippen molar-refractivity contribution in [2.45, 2.75) is 6.54 Å². The number of benzene rings is 2. The molecule has 4 rings (SSSR count). The quantitative estimate of drug-likeness (QED) is 0.201. The number of nitrogens with zero attached hydrogens (tertiary/aromatic N) is 1. The zero-order chi connectivity index (χ0) is 25.5. The fraction of sp³-hybridized carbons (Fsp3) is 0.0769. The molecular weight excluding hydrogens is 466 g/mol. The number of furan rings is 2. The van der Waals surface area contributed by atoms with Crippen molar-refractivity contribution in [2.75, 3.05) is 7.11 Å². The summed E-state index contributed by atoms with van der Waals surface area (Å²) < 4.78 is 16.1. The molecule has 10 nitrogen and oxygen atoms in total. The number of hydrogen-bond donors (Lipinski definition) is 2. The molecule has 0 atom stereocenters. The van der Waals surface area contributed by atoms with Crippen molar-refractivity contribution in [1.82, 2.24) is 10.6 Å². The van der Waals surface area contributed by atoms with Crippen LogP contribution in [-0.2, 0) is 11.3 Å². The Bertz CT molecular complexity index is 1400. The fourth-order valence-electron chi connectivity index (χ4n) is 3.33. The molecule has 0 saturated heterocycles. The van der Waals surface area contributed by atoms with Crippen LogP contribution in [0.4, 0.5) is 5.69 Å². The van der Waals surface area contributed by atoms with Crippen LogP contribution in [0.5, 0.6) is 5.75 Å². The molecule has 0 fully saturated rings. The molecule has 0 saturated carbocycles. The van der Waals surface area contributed by atoms with Gasteiger partial charge in [0, 0.05) is 17.7 Å². The lowest BCUT2D eigenvalue weighted by atomic mass is 10.1. The van der Waals surface area contributed by atoms with Gasteiger partial charge in [-0.15, -0.1) is 0 Å². The molecule has 0 aliphatic carbocycles. The predicted octanol–water partition coefficient (Wildman–Crippen LogP) is 4.54. The molecule has 2 aromatic carbocycles. The summed E-state index contributed by atoms with van der Waals surface area (Å²) in [6.07, 6.45) is 2.83. The van der Waals surface area contributed by atoms with Crippen LogP contribution in [0.15, 0.2) is 93.6 Å². The first-order valence-corrected chi connectivity index (χ1v) is 10.8. The molecule has 0 bridgehead atoms. The molecular formula is C26H21N3O7. The van der Waals surface area contributed by atoms with E-state index in [1.807, 2.05) is 0 Å². The molecule has 0 radical (unpaired) electrons. The first kappa shape index (κ1) is 24.0. The lowest BCUT2D eigenvalue weighted by Gasteiger charge is -2.10. The molecule has 0 spiro atoms. The van der Waals surface area contributed by atoms with Crippen LogP contribution in [0.2, 0.25) is 0 Å². The first-order chi connectivity index (χ1) is 17.4. The zero-order valence-electron chi connectivity index (χ0n) is 19.1. The van der Waals surface area contributed by atoms with Gasteiger partial charge in [0.25, 0.3) is 17.5 Å². The minimum atomic E-state index is -0.586. The molecule has 0 aliphatic heterocycles. The highest BCUT2D eigenvalue weighted by molar-refractivity contribution is 6.05. The van der Waals surface area contributed by atoms with Gasteiger partial charge in [-0.2, -0.15) is 0 Å². The molecule has 182 valence electrons. The molecule has 0 unspecified atom stereocenters. The second-order valence-electron chi connectivity index (χ2n) is 7.48. The second kappa shape index (κ2) is 10.9. The van der Waals surface area contributed by atoms with E-state index in [1.54, 1.807) is 66.7 Å². The maximum atomic E-state index is 12.9. The van der Waals surface area contributed by atoms with Gasteiger partial charge >= 0.3 is 0 Å². The maximum absolute atomic E-state index is 12.9. The third-order valence-electron chi connectivity index (χ3n) is 5.13. The Labute approximate surface area is 205 Å². The number of nitrogens with one attached hydrogen (secondary N) is 2. The summed E-state index contributed by atoms with van der Waals surface area (Å²) in [5.41, 5.74) is 0.381. The first-order valence-electron chi connectivity index (χ1n) is 10.8. The molecule has 36 heavy (non-hydrogen) atoms. The van der Waals surface area contributed by atoms with Gasteiger partial charge in [0.05, 0.1) is 30.4 Å². The van der Waals surface area contributed by atoms with E-state index in [-0.39, 0.29) is 35.0 Å². The van der Waals surface area contributed by atoms with Gasteiger partial charge in [-0.1, -0.05) is 12.1 Å². The highest BCUT2D eigenvalue weighted by Crippen LogP contribution is 2.31. The number of carbonyl (C=O) groups excluding carboxylic acids is 2. The van der Waals surface area contributed by atoms with Gasteiger partial charge in [0.2, 0.25) is 0 Å². The van der Waals surface area contributed by atoms with Crippen molar-refractivity contribution < 1.29 is 28.1 Å². The number of nitro benzene ring substituents is 1. The van der Waals surface area contributed by atoms with Crippen LogP contribution >= 0.6 is 0 Å². The van der Waals surface area contributed by atoms with Gasteiger partial charge < -0.3 is 24.2 Å². The number of rotatable bonds is 9. The summed E-state index contributed by atoms with van der Waals surface area (Å²) in [7, 11) is 1.51. The average Bonchev–Trinajstić information content (AvgIpc) is 3.59. The average molecular weight is 487 g/mol. The van der Waals surface area contributed by atoms with Crippen molar-refractivity contribution in [2.24, 2.45) is 0 Å². The molecule has 2 aromatic heterocycles. The van der Waals surface area contributed by atoms with Crippen LogP contribution in [-0.4, -0.2) is 23.8 Å². The van der Waals surface area contributed by atoms with Crippen molar-refractivity contribution in [1.29, 1.82) is 0 Å². The molecule has 2 amide bonds. The topological polar surface area (TPSA) is 137 Å². The molecule has 2 N–H and O–H groups in total. The van der Waals surface area contributed by atoms with Crippen molar-refractivity contribution in [3.05, 3.63) is 112 Å². The van der Waals surface area contributed by atoms with E-state index in [0.29, 0.717) is 17.1 Å². The number of para-hydroxylation sites is 1. The van der Waals surface area contributed by atoms with E-state index in [1.165, 1.54) is 25.5 Å². The van der Waals surface area contributed by atoms with E-state index < -0.39 is 16.7 Å². The minimum absolute atomic E-state index is 0.0918. The number of ether oxygens (including phenoxy) is 1.